The van der Waals surface area contributed by atoms with Crippen LogP contribution in [-0.2, 0) is 31.6 Å². The maximum Gasteiger partial charge on any atom is 0.338 e. The lowest BCUT2D eigenvalue weighted by Crippen LogP contribution is -2.19. The lowest BCUT2D eigenvalue weighted by molar-refractivity contribution is -0.763. The Balaban J connectivity index is 1.50. The summed E-state index contributed by atoms with van der Waals surface area (Å²) in [7, 11) is -2.95. The van der Waals surface area contributed by atoms with Crippen LogP contribution in [-0.4, -0.2) is 64.7 Å². The number of anilines is 1. The molecular formula is C34H33N7O10S. The molecule has 2 aromatic carbocycles. The van der Waals surface area contributed by atoms with Gasteiger partial charge in [0.15, 0.2) is 28.2 Å². The normalized spacial score (nSPS) is 11.3. The SMILES string of the molecule is COc1ccccc1Oc1c(NS(=O)(=O)c2ccc(C(C)(C)C)cn2)nc(-c2ncccn2)nc1OCCOC(=O)c1ccccc1CO[N+](=O)[O-]. The van der Waals surface area contributed by atoms with Gasteiger partial charge in [-0.25, -0.2) is 24.7 Å². The summed E-state index contributed by atoms with van der Waals surface area (Å²) in [5, 5.41) is 9.42. The third-order valence-electron chi connectivity index (χ3n) is 7.11. The summed E-state index contributed by atoms with van der Waals surface area (Å²) in [6, 6.07) is 17.3. The molecule has 18 heteroatoms. The molecule has 0 amide bonds. The number of esters is 1. The van der Waals surface area contributed by atoms with Crippen molar-refractivity contribution in [2.75, 3.05) is 25.0 Å². The molecule has 0 spiro atoms. The van der Waals surface area contributed by atoms with E-state index >= 15 is 0 Å². The smallest absolute Gasteiger partial charge is 0.338 e. The molecule has 0 saturated carbocycles. The van der Waals surface area contributed by atoms with Crippen molar-refractivity contribution in [3.63, 3.8) is 0 Å². The third-order valence-corrected chi connectivity index (χ3v) is 8.36. The number of para-hydroxylation sites is 2. The van der Waals surface area contributed by atoms with Gasteiger partial charge in [0.25, 0.3) is 21.0 Å². The first-order valence-corrected chi connectivity index (χ1v) is 17.0. The summed E-state index contributed by atoms with van der Waals surface area (Å²) >= 11 is 0. The second-order valence-corrected chi connectivity index (χ2v) is 13.4. The maximum absolute atomic E-state index is 13.7. The van der Waals surface area contributed by atoms with Crippen LogP contribution in [0.1, 0.15) is 42.3 Å². The summed E-state index contributed by atoms with van der Waals surface area (Å²) in [5.41, 5.74) is 0.837. The van der Waals surface area contributed by atoms with Crippen LogP contribution in [0.15, 0.2) is 90.3 Å². The standard InChI is InChI=1S/C34H33N7O10S/c1-34(2,3)23-14-15-27(37-20-23)52(45,46)40-29-28(51-26-13-8-7-12-25(26)47-4)32(39-31(38-29)30-35-16-9-17-36-30)48-18-19-49-33(42)24-11-6-5-10-22(24)21-50-41(43)44/h5-17,20H,18-19,21H2,1-4H3,(H,38,39,40). The van der Waals surface area contributed by atoms with E-state index in [0.29, 0.717) is 5.75 Å². The van der Waals surface area contributed by atoms with Gasteiger partial charge in [-0.1, -0.05) is 57.2 Å². The van der Waals surface area contributed by atoms with Gasteiger partial charge in [-0.15, -0.1) is 10.1 Å². The Morgan fingerprint density at radius 2 is 1.60 bits per heavy atom. The minimum Gasteiger partial charge on any atom is -0.493 e. The van der Waals surface area contributed by atoms with E-state index in [-0.39, 0.29) is 69.6 Å². The third kappa shape index (κ3) is 9.21. The highest BCUT2D eigenvalue weighted by molar-refractivity contribution is 7.92. The lowest BCUT2D eigenvalue weighted by Gasteiger charge is -2.19. The van der Waals surface area contributed by atoms with E-state index in [2.05, 4.69) is 34.5 Å². The number of sulfonamides is 1. The number of pyridine rings is 1. The van der Waals surface area contributed by atoms with Gasteiger partial charge in [0.1, 0.15) is 19.8 Å². The Hall–Kier alpha value is -6.43. The minimum atomic E-state index is -4.38. The summed E-state index contributed by atoms with van der Waals surface area (Å²) < 4.78 is 52.8. The number of carbonyl (C=O) groups excluding carboxylic acids is 1. The zero-order valence-corrected chi connectivity index (χ0v) is 29.2. The molecule has 0 bridgehead atoms. The average molecular weight is 732 g/mol. The molecule has 3 heterocycles. The molecule has 0 aliphatic rings. The lowest BCUT2D eigenvalue weighted by atomic mass is 9.88. The van der Waals surface area contributed by atoms with E-state index in [0.717, 1.165) is 5.56 Å². The number of methoxy groups -OCH3 is 1. The number of hydrogen-bond donors (Lipinski definition) is 1. The number of hydrogen-bond acceptors (Lipinski definition) is 15. The maximum atomic E-state index is 13.7. The van der Waals surface area contributed by atoms with Crippen molar-refractivity contribution >= 4 is 21.8 Å². The van der Waals surface area contributed by atoms with Gasteiger partial charge in [-0.2, -0.15) is 13.4 Å². The highest BCUT2D eigenvalue weighted by Gasteiger charge is 2.27. The summed E-state index contributed by atoms with van der Waals surface area (Å²) in [6.45, 7) is 4.82. The number of benzene rings is 2. The molecule has 3 aromatic heterocycles. The van der Waals surface area contributed by atoms with Crippen LogP contribution in [0.3, 0.4) is 0 Å². The van der Waals surface area contributed by atoms with Crippen LogP contribution in [0.25, 0.3) is 11.6 Å². The molecule has 0 fully saturated rings. The molecular weight excluding hydrogens is 698 g/mol. The fourth-order valence-electron chi connectivity index (χ4n) is 4.50. The van der Waals surface area contributed by atoms with Crippen molar-refractivity contribution in [1.82, 2.24) is 24.9 Å². The number of nitrogens with zero attached hydrogens (tertiary/aromatic N) is 6. The fraction of sp³-hybridized carbons (Fsp3) is 0.235. The van der Waals surface area contributed by atoms with E-state index in [4.69, 9.17) is 18.9 Å². The minimum absolute atomic E-state index is 0.0317. The first-order valence-electron chi connectivity index (χ1n) is 15.5. The topological polar surface area (TPSA) is 217 Å². The van der Waals surface area contributed by atoms with E-state index in [1.807, 2.05) is 20.8 Å². The Bertz CT molecular complexity index is 2150. The predicted octanol–water partition coefficient (Wildman–Crippen LogP) is 5.17. The molecule has 0 aliphatic heterocycles. The molecule has 5 aromatic rings. The average Bonchev–Trinajstić information content (AvgIpc) is 3.13. The highest BCUT2D eigenvalue weighted by Crippen LogP contribution is 2.41. The van der Waals surface area contributed by atoms with Gasteiger partial charge in [0, 0.05) is 18.6 Å². The van der Waals surface area contributed by atoms with Crippen molar-refractivity contribution in [2.45, 2.75) is 37.8 Å². The Labute approximate surface area is 298 Å². The van der Waals surface area contributed by atoms with Crippen LogP contribution in [0.2, 0.25) is 0 Å². The number of ether oxygens (including phenoxy) is 4. The molecule has 270 valence electrons. The molecule has 0 unspecified atom stereocenters. The van der Waals surface area contributed by atoms with E-state index < -0.39 is 27.7 Å². The van der Waals surface area contributed by atoms with Crippen molar-refractivity contribution in [3.8, 4) is 34.8 Å². The van der Waals surface area contributed by atoms with Gasteiger partial charge in [-0.3, -0.25) is 4.72 Å². The molecule has 1 N–H and O–H groups in total. The fourth-order valence-corrected chi connectivity index (χ4v) is 5.43. The zero-order valence-electron chi connectivity index (χ0n) is 28.4. The monoisotopic (exact) mass is 731 g/mol. The van der Waals surface area contributed by atoms with Crippen molar-refractivity contribution in [3.05, 3.63) is 112 Å². The molecule has 5 rings (SSSR count). The van der Waals surface area contributed by atoms with E-state index in [1.165, 1.54) is 43.9 Å². The van der Waals surface area contributed by atoms with Gasteiger partial charge in [-0.05, 0) is 46.9 Å². The van der Waals surface area contributed by atoms with Gasteiger partial charge < -0.3 is 23.8 Å². The molecule has 52 heavy (non-hydrogen) atoms. The molecule has 0 radical (unpaired) electrons. The Morgan fingerprint density at radius 1 is 0.885 bits per heavy atom. The number of rotatable bonds is 15. The van der Waals surface area contributed by atoms with Gasteiger partial charge in [0.05, 0.1) is 12.7 Å². The summed E-state index contributed by atoms with van der Waals surface area (Å²) in [4.78, 5) is 49.4. The Kier molecular flexibility index (Phi) is 11.4. The van der Waals surface area contributed by atoms with Gasteiger partial charge in [0.2, 0.25) is 11.6 Å². The first-order chi connectivity index (χ1) is 24.9. The Morgan fingerprint density at radius 3 is 2.27 bits per heavy atom. The molecule has 17 nitrogen and oxygen atoms in total. The van der Waals surface area contributed by atoms with E-state index in [9.17, 15) is 23.3 Å². The van der Waals surface area contributed by atoms with Crippen LogP contribution in [0.4, 0.5) is 5.82 Å². The molecule has 0 saturated heterocycles. The second-order valence-electron chi connectivity index (χ2n) is 11.7. The summed E-state index contributed by atoms with van der Waals surface area (Å²) in [5.74, 6) is -1.33. The largest absolute Gasteiger partial charge is 0.493 e. The van der Waals surface area contributed by atoms with Crippen molar-refractivity contribution in [2.24, 2.45) is 0 Å². The highest BCUT2D eigenvalue weighted by atomic mass is 32.2. The summed E-state index contributed by atoms with van der Waals surface area (Å²) in [6.07, 6.45) is 4.38. The second kappa shape index (κ2) is 16.1. The van der Waals surface area contributed by atoms with Gasteiger partial charge >= 0.3 is 5.97 Å². The van der Waals surface area contributed by atoms with Crippen LogP contribution in [0, 0.1) is 10.1 Å². The number of nitrogens with one attached hydrogen (secondary N) is 1. The molecule has 0 aliphatic carbocycles. The quantitative estimate of drug-likeness (QED) is 0.0636. The van der Waals surface area contributed by atoms with Crippen molar-refractivity contribution < 1.29 is 42.1 Å². The number of carbonyl (C=O) groups is 1. The predicted molar refractivity (Wildman–Crippen MR) is 184 cm³/mol. The molecule has 0 atom stereocenters. The zero-order chi connectivity index (χ0) is 37.3. The first kappa shape index (κ1) is 36.8. The van der Waals surface area contributed by atoms with E-state index in [1.54, 1.807) is 48.5 Å². The van der Waals surface area contributed by atoms with Crippen LogP contribution in [0.5, 0.6) is 23.1 Å². The van der Waals surface area contributed by atoms with Crippen LogP contribution < -0.4 is 18.9 Å². The number of aromatic nitrogens is 5. The van der Waals surface area contributed by atoms with Crippen LogP contribution >= 0.6 is 0 Å². The van der Waals surface area contributed by atoms with Crippen molar-refractivity contribution in [1.29, 1.82) is 0 Å².